The van der Waals surface area contributed by atoms with Gasteiger partial charge in [-0.1, -0.05) is 24.3 Å². The van der Waals surface area contributed by atoms with Gasteiger partial charge in [-0.2, -0.15) is 18.2 Å². The number of aryl methyl sites for hydroxylation is 1. The van der Waals surface area contributed by atoms with E-state index in [2.05, 4.69) is 24.9 Å². The molecule has 0 unspecified atom stereocenters. The fraction of sp³-hybridized carbons (Fsp3) is 0.393. The normalized spacial score (nSPS) is 14.3. The lowest BCUT2D eigenvalue weighted by atomic mass is 10.1. The van der Waals surface area contributed by atoms with E-state index < -0.39 is 11.9 Å². The molecule has 0 radical (unpaired) electrons. The van der Waals surface area contributed by atoms with E-state index in [0.717, 1.165) is 35.9 Å². The molecule has 0 spiro atoms. The van der Waals surface area contributed by atoms with Gasteiger partial charge in [0.05, 0.1) is 25.5 Å². The Labute approximate surface area is 229 Å². The molecule has 4 aromatic rings. The predicted molar refractivity (Wildman–Crippen MR) is 140 cm³/mol. The zero-order valence-electron chi connectivity index (χ0n) is 22.6. The van der Waals surface area contributed by atoms with E-state index in [1.54, 1.807) is 44.5 Å². The number of alkyl halides is 3. The number of rotatable bonds is 10. The standard InChI is InChI=1S/C28H29F3N6O3/c1-16-11-32-24(22-23(19-9-10-19)33-15-34-27(22)39-4)36-26(16)40-14-18-5-7-20(8-6-18)25-35-21(28(29,30)31)12-37(25)17(2)13-38-3/h5-8,11-12,15,17,19H,9-10,13-14H2,1-4H3/t17-/m0/s1. The molecule has 5 rings (SSSR count). The minimum atomic E-state index is -4.55. The molecule has 1 aliphatic carbocycles. The molecule has 1 aliphatic rings. The Morgan fingerprint density at radius 2 is 1.77 bits per heavy atom. The molecule has 3 aromatic heterocycles. The van der Waals surface area contributed by atoms with Crippen molar-refractivity contribution in [2.24, 2.45) is 0 Å². The number of halogens is 3. The largest absolute Gasteiger partial charge is 0.480 e. The van der Waals surface area contributed by atoms with Gasteiger partial charge < -0.3 is 18.8 Å². The summed E-state index contributed by atoms with van der Waals surface area (Å²) >= 11 is 0. The average molecular weight is 555 g/mol. The van der Waals surface area contributed by atoms with Crippen molar-refractivity contribution in [1.29, 1.82) is 0 Å². The van der Waals surface area contributed by atoms with Crippen LogP contribution >= 0.6 is 0 Å². The molecule has 40 heavy (non-hydrogen) atoms. The van der Waals surface area contributed by atoms with Gasteiger partial charge in [-0.25, -0.2) is 19.9 Å². The van der Waals surface area contributed by atoms with Crippen molar-refractivity contribution in [3.8, 4) is 34.5 Å². The lowest BCUT2D eigenvalue weighted by molar-refractivity contribution is -0.140. The zero-order chi connectivity index (χ0) is 28.4. The van der Waals surface area contributed by atoms with Crippen LogP contribution in [0.1, 0.15) is 54.2 Å². The van der Waals surface area contributed by atoms with E-state index in [4.69, 9.17) is 14.2 Å². The third-order valence-corrected chi connectivity index (χ3v) is 6.64. The van der Waals surface area contributed by atoms with Gasteiger partial charge in [0.1, 0.15) is 24.3 Å². The van der Waals surface area contributed by atoms with Gasteiger partial charge in [-0.3, -0.25) is 0 Å². The van der Waals surface area contributed by atoms with Crippen molar-refractivity contribution < 1.29 is 27.4 Å². The van der Waals surface area contributed by atoms with Gasteiger partial charge in [-0.15, -0.1) is 0 Å². The number of methoxy groups -OCH3 is 2. The highest BCUT2D eigenvalue weighted by atomic mass is 19.4. The topological polar surface area (TPSA) is 97.1 Å². The Kier molecular flexibility index (Phi) is 7.70. The molecule has 0 amide bonds. The van der Waals surface area contributed by atoms with Gasteiger partial charge in [0.25, 0.3) is 0 Å². The minimum Gasteiger partial charge on any atom is -0.480 e. The molecule has 0 N–H and O–H groups in total. The maximum absolute atomic E-state index is 13.4. The fourth-order valence-electron chi connectivity index (χ4n) is 4.41. The maximum Gasteiger partial charge on any atom is 0.434 e. The summed E-state index contributed by atoms with van der Waals surface area (Å²) in [7, 11) is 3.05. The first-order chi connectivity index (χ1) is 19.2. The lowest BCUT2D eigenvalue weighted by Crippen LogP contribution is -2.11. The molecule has 0 saturated heterocycles. The van der Waals surface area contributed by atoms with Gasteiger partial charge in [-0.05, 0) is 32.3 Å². The van der Waals surface area contributed by atoms with Crippen LogP contribution in [0.15, 0.2) is 43.0 Å². The van der Waals surface area contributed by atoms with Gasteiger partial charge in [0, 0.05) is 36.5 Å². The predicted octanol–water partition coefficient (Wildman–Crippen LogP) is 5.80. The van der Waals surface area contributed by atoms with Crippen molar-refractivity contribution in [3.63, 3.8) is 0 Å². The number of hydrogen-bond acceptors (Lipinski definition) is 8. The lowest BCUT2D eigenvalue weighted by Gasteiger charge is -2.16. The monoisotopic (exact) mass is 554 g/mol. The third-order valence-electron chi connectivity index (χ3n) is 6.64. The molecule has 0 aliphatic heterocycles. The number of nitrogens with zero attached hydrogens (tertiary/aromatic N) is 6. The number of benzene rings is 1. The van der Waals surface area contributed by atoms with Gasteiger partial charge in [0.15, 0.2) is 11.5 Å². The van der Waals surface area contributed by atoms with Crippen molar-refractivity contribution in [3.05, 3.63) is 65.5 Å². The van der Waals surface area contributed by atoms with Crippen LogP contribution < -0.4 is 9.47 Å². The summed E-state index contributed by atoms with van der Waals surface area (Å²) in [5, 5.41) is 0. The highest BCUT2D eigenvalue weighted by molar-refractivity contribution is 5.66. The van der Waals surface area contributed by atoms with Crippen LogP contribution in [0.3, 0.4) is 0 Å². The molecule has 1 aromatic carbocycles. The highest BCUT2D eigenvalue weighted by Gasteiger charge is 2.35. The van der Waals surface area contributed by atoms with Crippen molar-refractivity contribution >= 4 is 0 Å². The second-order valence-corrected chi connectivity index (χ2v) is 9.74. The number of ether oxygens (including phenoxy) is 3. The molecule has 0 bridgehead atoms. The molecule has 210 valence electrons. The first-order valence-electron chi connectivity index (χ1n) is 12.8. The van der Waals surface area contributed by atoms with E-state index in [1.165, 1.54) is 18.0 Å². The van der Waals surface area contributed by atoms with Crippen LogP contribution in [0, 0.1) is 6.92 Å². The Morgan fingerprint density at radius 3 is 2.42 bits per heavy atom. The molecular weight excluding hydrogens is 525 g/mol. The Morgan fingerprint density at radius 1 is 1.02 bits per heavy atom. The second kappa shape index (κ2) is 11.2. The highest BCUT2D eigenvalue weighted by Crippen LogP contribution is 2.45. The summed E-state index contributed by atoms with van der Waals surface area (Å²) in [6.07, 6.45) is 1.73. The quantitative estimate of drug-likeness (QED) is 0.243. The van der Waals surface area contributed by atoms with Crippen LogP contribution in [0.4, 0.5) is 13.2 Å². The Balaban J connectivity index is 1.37. The number of hydrogen-bond donors (Lipinski definition) is 0. The molecular formula is C28H29F3N6O3. The van der Waals surface area contributed by atoms with E-state index >= 15 is 0 Å². The van der Waals surface area contributed by atoms with E-state index in [0.29, 0.717) is 34.6 Å². The summed E-state index contributed by atoms with van der Waals surface area (Å²) < 4.78 is 58.4. The number of aromatic nitrogens is 6. The van der Waals surface area contributed by atoms with E-state index in [-0.39, 0.29) is 25.1 Å². The molecule has 12 heteroatoms. The first kappa shape index (κ1) is 27.5. The first-order valence-corrected chi connectivity index (χ1v) is 12.8. The Bertz CT molecular complexity index is 1490. The van der Waals surface area contributed by atoms with Gasteiger partial charge >= 0.3 is 6.18 Å². The van der Waals surface area contributed by atoms with Gasteiger partial charge in [0.2, 0.25) is 11.8 Å². The average Bonchev–Trinajstić information content (AvgIpc) is 3.69. The second-order valence-electron chi connectivity index (χ2n) is 9.74. The summed E-state index contributed by atoms with van der Waals surface area (Å²) in [4.78, 5) is 21.7. The van der Waals surface area contributed by atoms with Crippen LogP contribution in [0.5, 0.6) is 11.8 Å². The molecule has 3 heterocycles. The van der Waals surface area contributed by atoms with Crippen LogP contribution in [0.2, 0.25) is 0 Å². The van der Waals surface area contributed by atoms with Crippen molar-refractivity contribution in [2.75, 3.05) is 20.8 Å². The molecule has 1 fully saturated rings. The van der Waals surface area contributed by atoms with Crippen LogP contribution in [0.25, 0.3) is 22.8 Å². The van der Waals surface area contributed by atoms with Crippen molar-refractivity contribution in [2.45, 2.75) is 51.4 Å². The minimum absolute atomic E-state index is 0.192. The summed E-state index contributed by atoms with van der Waals surface area (Å²) in [6.45, 7) is 4.07. The van der Waals surface area contributed by atoms with Crippen molar-refractivity contribution in [1.82, 2.24) is 29.5 Å². The molecule has 9 nitrogen and oxygen atoms in total. The van der Waals surface area contributed by atoms with Crippen LogP contribution in [-0.2, 0) is 17.5 Å². The summed E-state index contributed by atoms with van der Waals surface area (Å²) in [5.74, 6) is 1.79. The summed E-state index contributed by atoms with van der Waals surface area (Å²) in [6, 6.07) is 6.70. The molecule has 1 saturated carbocycles. The summed E-state index contributed by atoms with van der Waals surface area (Å²) in [5.41, 5.74) is 2.69. The number of imidazole rings is 1. The van der Waals surface area contributed by atoms with E-state index in [9.17, 15) is 13.2 Å². The third kappa shape index (κ3) is 5.76. The van der Waals surface area contributed by atoms with E-state index in [1.807, 2.05) is 6.92 Å². The SMILES string of the molecule is COC[C@H](C)n1cc(C(F)(F)F)nc1-c1ccc(COc2nc(-c3c(OC)ncnc3C3CC3)ncc2C)cc1. The Hall–Kier alpha value is -4.06. The maximum atomic E-state index is 13.4. The fourth-order valence-corrected chi connectivity index (χ4v) is 4.41. The molecule has 1 atom stereocenters. The zero-order valence-corrected chi connectivity index (χ0v) is 22.6. The van der Waals surface area contributed by atoms with Crippen LogP contribution in [-0.4, -0.2) is 50.3 Å². The smallest absolute Gasteiger partial charge is 0.434 e.